The monoisotopic (exact) mass is 323 g/mol. The number of anilines is 1. The van der Waals surface area contributed by atoms with Gasteiger partial charge < -0.3 is 19.9 Å². The second kappa shape index (κ2) is 5.20. The van der Waals surface area contributed by atoms with Crippen molar-refractivity contribution >= 4 is 11.4 Å². The molecule has 0 fully saturated rings. The van der Waals surface area contributed by atoms with Crippen LogP contribution in [0.5, 0.6) is 11.5 Å². The lowest BCUT2D eigenvalue weighted by atomic mass is 9.89. The molecule has 0 unspecified atom stereocenters. The fraction of sp³-hybridized carbons (Fsp3) is 0.300. The molecule has 0 amide bonds. The van der Waals surface area contributed by atoms with Crippen LogP contribution >= 0.6 is 0 Å². The fourth-order valence-corrected chi connectivity index (χ4v) is 3.49. The number of phenols is 1. The molecule has 24 heavy (non-hydrogen) atoms. The average molecular weight is 323 g/mol. The van der Waals surface area contributed by atoms with Crippen molar-refractivity contribution in [1.29, 1.82) is 0 Å². The van der Waals surface area contributed by atoms with E-state index in [1.54, 1.807) is 6.07 Å². The SMILES string of the molecule is CCOc1cccc(-c2ccc3c4c2COC4=CC(C)(C)N3)c1O. The van der Waals surface area contributed by atoms with Gasteiger partial charge in [0.2, 0.25) is 0 Å². The zero-order valence-corrected chi connectivity index (χ0v) is 14.1. The molecule has 2 aromatic carbocycles. The molecule has 124 valence electrons. The third-order valence-corrected chi connectivity index (χ3v) is 4.47. The number of phenolic OH excluding ortho intramolecular Hbond substituents is 1. The molecule has 2 aliphatic heterocycles. The standard InChI is InChI=1S/C20H21NO3/c1-4-23-16-7-5-6-13(19(16)22)12-8-9-15-18-14(12)11-24-17(18)10-20(2,3)21-15/h5-10,21-22H,4,11H2,1-3H3. The lowest BCUT2D eigenvalue weighted by Gasteiger charge is -2.30. The lowest BCUT2D eigenvalue weighted by Crippen LogP contribution is -2.31. The van der Waals surface area contributed by atoms with Crippen molar-refractivity contribution in [2.75, 3.05) is 11.9 Å². The molecule has 0 spiro atoms. The van der Waals surface area contributed by atoms with Gasteiger partial charge in [-0.05, 0) is 44.5 Å². The summed E-state index contributed by atoms with van der Waals surface area (Å²) in [6.45, 7) is 7.18. The van der Waals surface area contributed by atoms with E-state index >= 15 is 0 Å². The zero-order valence-electron chi connectivity index (χ0n) is 14.1. The molecule has 0 atom stereocenters. The van der Waals surface area contributed by atoms with Gasteiger partial charge in [-0.2, -0.15) is 0 Å². The first kappa shape index (κ1) is 14.9. The van der Waals surface area contributed by atoms with Crippen LogP contribution in [-0.2, 0) is 11.3 Å². The van der Waals surface area contributed by atoms with Crippen LogP contribution < -0.4 is 10.1 Å². The molecule has 2 aromatic rings. The third kappa shape index (κ3) is 2.21. The van der Waals surface area contributed by atoms with E-state index in [1.165, 1.54) is 0 Å². The summed E-state index contributed by atoms with van der Waals surface area (Å²) in [7, 11) is 0. The van der Waals surface area contributed by atoms with Crippen LogP contribution in [0.15, 0.2) is 36.4 Å². The Labute approximate surface area is 141 Å². The smallest absolute Gasteiger partial charge is 0.165 e. The second-order valence-electron chi connectivity index (χ2n) is 6.74. The third-order valence-electron chi connectivity index (χ3n) is 4.47. The van der Waals surface area contributed by atoms with E-state index in [0.717, 1.165) is 33.7 Å². The zero-order chi connectivity index (χ0) is 16.9. The molecule has 0 aliphatic carbocycles. The van der Waals surface area contributed by atoms with Crippen LogP contribution in [0, 0.1) is 0 Å². The summed E-state index contributed by atoms with van der Waals surface area (Å²) in [6, 6.07) is 9.70. The topological polar surface area (TPSA) is 50.7 Å². The van der Waals surface area contributed by atoms with Crippen LogP contribution in [0.2, 0.25) is 0 Å². The maximum atomic E-state index is 10.6. The quantitative estimate of drug-likeness (QED) is 0.871. The number of para-hydroxylation sites is 1. The van der Waals surface area contributed by atoms with Gasteiger partial charge in [0.1, 0.15) is 12.4 Å². The highest BCUT2D eigenvalue weighted by atomic mass is 16.5. The normalized spacial score (nSPS) is 16.7. The van der Waals surface area contributed by atoms with Gasteiger partial charge in [-0.3, -0.25) is 0 Å². The summed E-state index contributed by atoms with van der Waals surface area (Å²) >= 11 is 0. The highest BCUT2D eigenvalue weighted by molar-refractivity contribution is 5.89. The summed E-state index contributed by atoms with van der Waals surface area (Å²) in [5, 5.41) is 14.1. The Bertz CT molecular complexity index is 852. The predicted octanol–water partition coefficient (Wildman–Crippen LogP) is 4.53. The molecule has 0 bridgehead atoms. The number of nitrogens with one attached hydrogen (secondary N) is 1. The van der Waals surface area contributed by atoms with Crippen molar-refractivity contribution in [2.24, 2.45) is 0 Å². The van der Waals surface area contributed by atoms with Crippen molar-refractivity contribution in [3.05, 3.63) is 47.5 Å². The van der Waals surface area contributed by atoms with E-state index in [4.69, 9.17) is 9.47 Å². The van der Waals surface area contributed by atoms with Gasteiger partial charge in [0.25, 0.3) is 0 Å². The van der Waals surface area contributed by atoms with Gasteiger partial charge in [-0.15, -0.1) is 0 Å². The first-order valence-corrected chi connectivity index (χ1v) is 8.25. The summed E-state index contributed by atoms with van der Waals surface area (Å²) in [4.78, 5) is 0. The van der Waals surface area contributed by atoms with Gasteiger partial charge in [-0.1, -0.05) is 18.2 Å². The van der Waals surface area contributed by atoms with Gasteiger partial charge >= 0.3 is 0 Å². The van der Waals surface area contributed by atoms with E-state index in [1.807, 2.05) is 25.1 Å². The maximum absolute atomic E-state index is 10.6. The Balaban J connectivity index is 1.88. The van der Waals surface area contributed by atoms with Crippen molar-refractivity contribution < 1.29 is 14.6 Å². The van der Waals surface area contributed by atoms with E-state index in [0.29, 0.717) is 19.0 Å². The molecule has 0 radical (unpaired) electrons. The predicted molar refractivity (Wildman–Crippen MR) is 95.2 cm³/mol. The number of hydrogen-bond acceptors (Lipinski definition) is 4. The van der Waals surface area contributed by atoms with Crippen molar-refractivity contribution in [1.82, 2.24) is 0 Å². The Morgan fingerprint density at radius 3 is 2.83 bits per heavy atom. The highest BCUT2D eigenvalue weighted by Crippen LogP contribution is 2.47. The van der Waals surface area contributed by atoms with Crippen molar-refractivity contribution in [2.45, 2.75) is 32.9 Å². The number of rotatable bonds is 3. The van der Waals surface area contributed by atoms with E-state index < -0.39 is 0 Å². The van der Waals surface area contributed by atoms with Crippen LogP contribution in [0.4, 0.5) is 5.69 Å². The molecule has 2 N–H and O–H groups in total. The van der Waals surface area contributed by atoms with E-state index in [9.17, 15) is 5.11 Å². The van der Waals surface area contributed by atoms with E-state index in [-0.39, 0.29) is 11.3 Å². The van der Waals surface area contributed by atoms with Gasteiger partial charge in [0, 0.05) is 22.4 Å². The second-order valence-corrected chi connectivity index (χ2v) is 6.74. The lowest BCUT2D eigenvalue weighted by molar-refractivity contribution is 0.283. The first-order valence-electron chi connectivity index (χ1n) is 8.25. The molecule has 0 saturated heterocycles. The molecule has 0 saturated carbocycles. The Morgan fingerprint density at radius 2 is 2.04 bits per heavy atom. The van der Waals surface area contributed by atoms with Crippen LogP contribution in [0.1, 0.15) is 31.9 Å². The molecular formula is C20H21NO3. The summed E-state index contributed by atoms with van der Waals surface area (Å²) in [5.74, 6) is 1.61. The number of aromatic hydroxyl groups is 1. The molecule has 4 heteroatoms. The maximum Gasteiger partial charge on any atom is 0.165 e. The molecule has 2 aliphatic rings. The molecular weight excluding hydrogens is 302 g/mol. The summed E-state index contributed by atoms with van der Waals surface area (Å²) < 4.78 is 11.4. The fourth-order valence-electron chi connectivity index (χ4n) is 3.49. The largest absolute Gasteiger partial charge is 0.504 e. The Kier molecular flexibility index (Phi) is 3.23. The van der Waals surface area contributed by atoms with Crippen molar-refractivity contribution in [3.8, 4) is 22.6 Å². The molecule has 0 aromatic heterocycles. The van der Waals surface area contributed by atoms with Gasteiger partial charge in [0.15, 0.2) is 11.5 Å². The van der Waals surface area contributed by atoms with Crippen LogP contribution in [-0.4, -0.2) is 17.3 Å². The average Bonchev–Trinajstić information content (AvgIpc) is 2.94. The van der Waals surface area contributed by atoms with Crippen molar-refractivity contribution in [3.63, 3.8) is 0 Å². The van der Waals surface area contributed by atoms with Crippen LogP contribution in [0.25, 0.3) is 16.9 Å². The Morgan fingerprint density at radius 1 is 1.21 bits per heavy atom. The van der Waals surface area contributed by atoms with E-state index in [2.05, 4.69) is 31.3 Å². The number of ether oxygens (including phenoxy) is 2. The number of hydrogen-bond donors (Lipinski definition) is 2. The molecule has 4 nitrogen and oxygen atoms in total. The van der Waals surface area contributed by atoms with Gasteiger partial charge in [-0.25, -0.2) is 0 Å². The van der Waals surface area contributed by atoms with Gasteiger partial charge in [0.05, 0.1) is 12.1 Å². The summed E-state index contributed by atoms with van der Waals surface area (Å²) in [5.41, 5.74) is 4.90. The molecule has 2 heterocycles. The first-order chi connectivity index (χ1) is 11.5. The Hall–Kier alpha value is -2.62. The summed E-state index contributed by atoms with van der Waals surface area (Å²) in [6.07, 6.45) is 2.12. The molecule has 4 rings (SSSR count). The van der Waals surface area contributed by atoms with Crippen LogP contribution in [0.3, 0.4) is 0 Å². The minimum Gasteiger partial charge on any atom is -0.504 e. The highest BCUT2D eigenvalue weighted by Gasteiger charge is 2.33. The minimum atomic E-state index is -0.136. The number of benzene rings is 2. The minimum absolute atomic E-state index is 0.136.